The van der Waals surface area contributed by atoms with Gasteiger partial charge in [0.05, 0.1) is 12.1 Å². The zero-order chi connectivity index (χ0) is 9.94. The normalized spacial score (nSPS) is 12.4. The maximum absolute atomic E-state index is 8.60. The molecule has 0 saturated carbocycles. The first-order valence-electron chi connectivity index (χ1n) is 4.99. The smallest absolute Gasteiger partial charge is 0.0972 e. The quantitative estimate of drug-likeness (QED) is 0.584. The highest BCUT2D eigenvalue weighted by Crippen LogP contribution is 1.96. The summed E-state index contributed by atoms with van der Waals surface area (Å²) < 4.78 is 5.38. The maximum atomic E-state index is 8.60. The van der Waals surface area contributed by atoms with Gasteiger partial charge >= 0.3 is 0 Å². The van der Waals surface area contributed by atoms with Crippen LogP contribution in [0.4, 0.5) is 0 Å². The number of unbranched alkanes of at least 4 members (excludes halogenated alkanes) is 2. The van der Waals surface area contributed by atoms with Crippen LogP contribution >= 0.6 is 0 Å². The van der Waals surface area contributed by atoms with E-state index in [-0.39, 0.29) is 6.04 Å². The maximum Gasteiger partial charge on any atom is 0.0972 e. The van der Waals surface area contributed by atoms with E-state index in [1.807, 2.05) is 0 Å². The third kappa shape index (κ3) is 7.76. The van der Waals surface area contributed by atoms with Gasteiger partial charge in [0.2, 0.25) is 0 Å². The molecule has 0 aliphatic rings. The lowest BCUT2D eigenvalue weighted by molar-refractivity contribution is 0.124. The van der Waals surface area contributed by atoms with E-state index in [0.717, 1.165) is 19.4 Å². The summed E-state index contributed by atoms with van der Waals surface area (Å²) >= 11 is 0. The van der Waals surface area contributed by atoms with Gasteiger partial charge in [-0.1, -0.05) is 19.8 Å². The second-order valence-electron chi connectivity index (χ2n) is 3.08. The highest BCUT2D eigenvalue weighted by atomic mass is 16.5. The molecule has 3 heteroatoms. The van der Waals surface area contributed by atoms with Crippen molar-refractivity contribution in [3.63, 3.8) is 0 Å². The van der Waals surface area contributed by atoms with Gasteiger partial charge in [-0.3, -0.25) is 0 Å². The summed E-state index contributed by atoms with van der Waals surface area (Å²) in [7, 11) is 1.80. The van der Waals surface area contributed by atoms with E-state index in [1.54, 1.807) is 7.05 Å². The second-order valence-corrected chi connectivity index (χ2v) is 3.08. The first-order chi connectivity index (χ1) is 6.35. The predicted molar refractivity (Wildman–Crippen MR) is 53.4 cm³/mol. The molecule has 1 N–H and O–H groups in total. The van der Waals surface area contributed by atoms with Crippen molar-refractivity contribution in [2.24, 2.45) is 0 Å². The van der Waals surface area contributed by atoms with Gasteiger partial charge in [0.15, 0.2) is 0 Å². The monoisotopic (exact) mass is 184 g/mol. The summed E-state index contributed by atoms with van der Waals surface area (Å²) in [6, 6.07) is 2.10. The molecular weight excluding hydrogens is 164 g/mol. The van der Waals surface area contributed by atoms with Gasteiger partial charge in [-0.15, -0.1) is 0 Å². The van der Waals surface area contributed by atoms with Crippen LogP contribution in [0.5, 0.6) is 0 Å². The lowest BCUT2D eigenvalue weighted by Gasteiger charge is -2.07. The molecule has 0 aliphatic heterocycles. The minimum Gasteiger partial charge on any atom is -0.381 e. The Bertz CT molecular complexity index is 142. The van der Waals surface area contributed by atoms with Crippen molar-refractivity contribution in [3.05, 3.63) is 0 Å². The largest absolute Gasteiger partial charge is 0.381 e. The SMILES string of the molecule is CCCCCOCCC(C#N)NC. The number of rotatable bonds is 8. The summed E-state index contributed by atoms with van der Waals surface area (Å²) in [4.78, 5) is 0. The van der Waals surface area contributed by atoms with Crippen LogP contribution in [-0.4, -0.2) is 26.3 Å². The van der Waals surface area contributed by atoms with Crippen molar-refractivity contribution in [1.82, 2.24) is 5.32 Å². The lowest BCUT2D eigenvalue weighted by atomic mass is 10.2. The van der Waals surface area contributed by atoms with Crippen LogP contribution in [0.15, 0.2) is 0 Å². The van der Waals surface area contributed by atoms with Crippen LogP contribution in [-0.2, 0) is 4.74 Å². The topological polar surface area (TPSA) is 45.0 Å². The summed E-state index contributed by atoms with van der Waals surface area (Å²) in [5, 5.41) is 11.5. The van der Waals surface area contributed by atoms with Gasteiger partial charge in [-0.25, -0.2) is 0 Å². The molecule has 0 saturated heterocycles. The van der Waals surface area contributed by atoms with Crippen LogP contribution in [0.3, 0.4) is 0 Å². The molecule has 76 valence electrons. The molecule has 0 fully saturated rings. The van der Waals surface area contributed by atoms with E-state index in [2.05, 4.69) is 18.3 Å². The van der Waals surface area contributed by atoms with Crippen LogP contribution < -0.4 is 5.32 Å². The van der Waals surface area contributed by atoms with Gasteiger partial charge in [-0.2, -0.15) is 5.26 Å². The van der Waals surface area contributed by atoms with E-state index >= 15 is 0 Å². The zero-order valence-electron chi connectivity index (χ0n) is 8.68. The van der Waals surface area contributed by atoms with Crippen molar-refractivity contribution in [2.45, 2.75) is 38.6 Å². The number of nitriles is 1. The fourth-order valence-corrected chi connectivity index (χ4v) is 1.03. The summed E-state index contributed by atoms with van der Waals surface area (Å²) in [6.45, 7) is 3.69. The summed E-state index contributed by atoms with van der Waals surface area (Å²) in [5.41, 5.74) is 0. The standard InChI is InChI=1S/C10H20N2O/c1-3-4-5-7-13-8-6-10(9-11)12-2/h10,12H,3-8H2,1-2H3. The molecule has 1 atom stereocenters. The van der Waals surface area contributed by atoms with Crippen LogP contribution in [0.1, 0.15) is 32.6 Å². The van der Waals surface area contributed by atoms with Crippen LogP contribution in [0.25, 0.3) is 0 Å². The Labute approximate surface area is 81.1 Å². The Balaban J connectivity index is 3.11. The molecule has 0 spiro atoms. The second kappa shape index (κ2) is 9.50. The van der Waals surface area contributed by atoms with Gasteiger partial charge in [0.25, 0.3) is 0 Å². The van der Waals surface area contributed by atoms with E-state index < -0.39 is 0 Å². The Morgan fingerprint density at radius 3 is 2.69 bits per heavy atom. The van der Waals surface area contributed by atoms with Crippen molar-refractivity contribution in [3.8, 4) is 6.07 Å². The molecule has 0 aromatic heterocycles. The number of nitrogens with one attached hydrogen (secondary N) is 1. The molecule has 1 unspecified atom stereocenters. The minimum absolute atomic E-state index is 0.0637. The minimum atomic E-state index is -0.0637. The molecule has 0 aromatic carbocycles. The van der Waals surface area contributed by atoms with Crippen molar-refractivity contribution in [1.29, 1.82) is 5.26 Å². The van der Waals surface area contributed by atoms with Crippen molar-refractivity contribution < 1.29 is 4.74 Å². The molecule has 13 heavy (non-hydrogen) atoms. The molecule has 0 radical (unpaired) electrons. The van der Waals surface area contributed by atoms with E-state index in [1.165, 1.54) is 12.8 Å². The summed E-state index contributed by atoms with van der Waals surface area (Å²) in [5.74, 6) is 0. The van der Waals surface area contributed by atoms with E-state index in [9.17, 15) is 0 Å². The average molecular weight is 184 g/mol. The highest BCUT2D eigenvalue weighted by Gasteiger charge is 2.01. The van der Waals surface area contributed by atoms with Crippen molar-refractivity contribution in [2.75, 3.05) is 20.3 Å². The van der Waals surface area contributed by atoms with E-state index in [4.69, 9.17) is 10.00 Å². The van der Waals surface area contributed by atoms with Gasteiger partial charge in [0.1, 0.15) is 0 Å². The van der Waals surface area contributed by atoms with Crippen LogP contribution in [0.2, 0.25) is 0 Å². The fraction of sp³-hybridized carbons (Fsp3) is 0.900. The highest BCUT2D eigenvalue weighted by molar-refractivity contribution is 4.87. The zero-order valence-corrected chi connectivity index (χ0v) is 8.68. The first kappa shape index (κ1) is 12.4. The molecule has 0 aromatic rings. The van der Waals surface area contributed by atoms with Crippen molar-refractivity contribution >= 4 is 0 Å². The predicted octanol–water partition coefficient (Wildman–Crippen LogP) is 1.69. The Kier molecular flexibility index (Phi) is 9.07. The third-order valence-corrected chi connectivity index (χ3v) is 1.95. The first-order valence-corrected chi connectivity index (χ1v) is 4.99. The van der Waals surface area contributed by atoms with Crippen LogP contribution in [0, 0.1) is 11.3 Å². The molecule has 0 amide bonds. The number of hydrogen-bond donors (Lipinski definition) is 1. The Hall–Kier alpha value is -0.590. The molecule has 3 nitrogen and oxygen atoms in total. The number of hydrogen-bond acceptors (Lipinski definition) is 3. The molecule has 0 heterocycles. The fourth-order valence-electron chi connectivity index (χ4n) is 1.03. The Morgan fingerprint density at radius 2 is 2.15 bits per heavy atom. The molecule has 0 rings (SSSR count). The average Bonchev–Trinajstić information content (AvgIpc) is 2.17. The number of ether oxygens (including phenoxy) is 1. The summed E-state index contributed by atoms with van der Waals surface area (Å²) in [6.07, 6.45) is 4.36. The van der Waals surface area contributed by atoms with E-state index in [0.29, 0.717) is 6.61 Å². The lowest BCUT2D eigenvalue weighted by Crippen LogP contribution is -2.24. The Morgan fingerprint density at radius 1 is 1.38 bits per heavy atom. The molecular formula is C10H20N2O. The van der Waals surface area contributed by atoms with Gasteiger partial charge in [-0.05, 0) is 19.9 Å². The van der Waals surface area contributed by atoms with Gasteiger partial charge in [0, 0.05) is 13.2 Å². The third-order valence-electron chi connectivity index (χ3n) is 1.95. The molecule has 0 aliphatic carbocycles. The van der Waals surface area contributed by atoms with Gasteiger partial charge < -0.3 is 10.1 Å². The molecule has 0 bridgehead atoms. The number of nitrogens with zero attached hydrogens (tertiary/aromatic N) is 1.